The molecule has 0 aliphatic rings. The molecular weight excluding hydrogens is 294 g/mol. The lowest BCUT2D eigenvalue weighted by Crippen LogP contribution is -2.46. The van der Waals surface area contributed by atoms with Crippen molar-refractivity contribution in [3.63, 3.8) is 0 Å². The molecule has 0 aromatic heterocycles. The fraction of sp³-hybridized carbons (Fsp3) is 0.533. The van der Waals surface area contributed by atoms with Crippen LogP contribution < -0.4 is 10.6 Å². The van der Waals surface area contributed by atoms with E-state index in [4.69, 9.17) is 4.74 Å². The van der Waals surface area contributed by atoms with E-state index in [0.717, 1.165) is 12.1 Å². The van der Waals surface area contributed by atoms with E-state index in [1.54, 1.807) is 7.11 Å². The van der Waals surface area contributed by atoms with Gasteiger partial charge in [0, 0.05) is 31.4 Å². The van der Waals surface area contributed by atoms with Gasteiger partial charge in [-0.25, -0.2) is 13.6 Å². The minimum atomic E-state index is -1.65. The van der Waals surface area contributed by atoms with E-state index < -0.39 is 23.3 Å². The molecule has 0 fully saturated rings. The molecule has 0 aliphatic heterocycles. The normalized spacial score (nSPS) is 15.0. The third-order valence-corrected chi connectivity index (χ3v) is 3.24. The Hall–Kier alpha value is -1.73. The first-order valence-electron chi connectivity index (χ1n) is 6.97. The van der Waals surface area contributed by atoms with Gasteiger partial charge in [-0.15, -0.1) is 0 Å². The van der Waals surface area contributed by atoms with Crippen LogP contribution in [0.3, 0.4) is 0 Å². The van der Waals surface area contributed by atoms with Gasteiger partial charge in [-0.2, -0.15) is 0 Å². The van der Waals surface area contributed by atoms with Crippen molar-refractivity contribution >= 4 is 6.03 Å². The van der Waals surface area contributed by atoms with Crippen LogP contribution in [0, 0.1) is 11.6 Å². The highest BCUT2D eigenvalue weighted by atomic mass is 19.1. The Morgan fingerprint density at radius 1 is 1.45 bits per heavy atom. The molecule has 0 heterocycles. The number of benzene rings is 1. The van der Waals surface area contributed by atoms with Gasteiger partial charge >= 0.3 is 6.03 Å². The maximum absolute atomic E-state index is 13.7. The van der Waals surface area contributed by atoms with Crippen molar-refractivity contribution in [1.29, 1.82) is 0 Å². The molecule has 2 atom stereocenters. The Morgan fingerprint density at radius 2 is 2.14 bits per heavy atom. The van der Waals surface area contributed by atoms with Crippen LogP contribution in [0.1, 0.15) is 25.8 Å². The summed E-state index contributed by atoms with van der Waals surface area (Å²) in [4.78, 5) is 11.7. The molecule has 0 unspecified atom stereocenters. The highest BCUT2D eigenvalue weighted by Crippen LogP contribution is 2.23. The molecule has 2 amide bonds. The molecule has 0 spiro atoms. The van der Waals surface area contributed by atoms with E-state index in [0.29, 0.717) is 19.1 Å². The molecule has 1 aromatic carbocycles. The summed E-state index contributed by atoms with van der Waals surface area (Å²) in [6.45, 7) is 3.46. The number of carbonyl (C=O) groups is 1. The third-order valence-electron chi connectivity index (χ3n) is 3.24. The largest absolute Gasteiger partial charge is 0.385 e. The van der Waals surface area contributed by atoms with E-state index in [1.165, 1.54) is 6.92 Å². The standard InChI is InChI=1S/C15H22F2N2O3/c1-10(6-7-22-3)19-14(20)18-9-15(2,21)12-5-4-11(16)8-13(12)17/h4-5,8,10,21H,6-7,9H2,1-3H3,(H2,18,19,20)/t10-,15+/m1/s1. The minimum absolute atomic E-state index is 0.0818. The van der Waals surface area contributed by atoms with Crippen LogP contribution in [-0.4, -0.2) is 37.4 Å². The number of carbonyl (C=O) groups excluding carboxylic acids is 1. The van der Waals surface area contributed by atoms with Crippen molar-refractivity contribution in [2.75, 3.05) is 20.3 Å². The lowest BCUT2D eigenvalue weighted by molar-refractivity contribution is 0.0553. The topological polar surface area (TPSA) is 70.6 Å². The number of nitrogens with one attached hydrogen (secondary N) is 2. The molecule has 1 rings (SSSR count). The van der Waals surface area contributed by atoms with Gasteiger partial charge < -0.3 is 20.5 Å². The fourth-order valence-corrected chi connectivity index (χ4v) is 1.92. The molecule has 0 saturated carbocycles. The van der Waals surface area contributed by atoms with Crippen LogP contribution in [0.4, 0.5) is 13.6 Å². The molecule has 0 saturated heterocycles. The predicted octanol–water partition coefficient (Wildman–Crippen LogP) is 1.90. The number of hydrogen-bond donors (Lipinski definition) is 3. The zero-order valence-electron chi connectivity index (χ0n) is 13.0. The Morgan fingerprint density at radius 3 is 2.73 bits per heavy atom. The van der Waals surface area contributed by atoms with Gasteiger partial charge in [-0.3, -0.25) is 0 Å². The van der Waals surface area contributed by atoms with Crippen molar-refractivity contribution in [2.24, 2.45) is 0 Å². The average molecular weight is 316 g/mol. The quantitative estimate of drug-likeness (QED) is 0.719. The van der Waals surface area contributed by atoms with Crippen LogP contribution in [0.15, 0.2) is 18.2 Å². The number of amides is 2. The summed E-state index contributed by atoms with van der Waals surface area (Å²) in [5.74, 6) is -1.59. The lowest BCUT2D eigenvalue weighted by atomic mass is 9.95. The zero-order chi connectivity index (χ0) is 16.8. The number of halogens is 2. The number of ether oxygens (including phenoxy) is 1. The van der Waals surface area contributed by atoms with Crippen LogP contribution in [0.5, 0.6) is 0 Å². The Labute approximate surface area is 128 Å². The second-order valence-electron chi connectivity index (χ2n) is 5.41. The molecule has 22 heavy (non-hydrogen) atoms. The van der Waals surface area contributed by atoms with Crippen molar-refractivity contribution in [3.05, 3.63) is 35.4 Å². The van der Waals surface area contributed by atoms with E-state index >= 15 is 0 Å². The average Bonchev–Trinajstić information content (AvgIpc) is 2.42. The van der Waals surface area contributed by atoms with Gasteiger partial charge in [-0.1, -0.05) is 6.07 Å². The first kappa shape index (κ1) is 18.3. The Balaban J connectivity index is 2.56. The number of urea groups is 1. The number of rotatable bonds is 7. The molecule has 0 aliphatic carbocycles. The number of aliphatic hydroxyl groups is 1. The van der Waals surface area contributed by atoms with Crippen LogP contribution >= 0.6 is 0 Å². The molecule has 5 nitrogen and oxygen atoms in total. The Bertz CT molecular complexity index is 510. The van der Waals surface area contributed by atoms with Gasteiger partial charge in [0.15, 0.2) is 0 Å². The van der Waals surface area contributed by atoms with Crippen LogP contribution in [-0.2, 0) is 10.3 Å². The second-order valence-corrected chi connectivity index (χ2v) is 5.41. The number of hydrogen-bond acceptors (Lipinski definition) is 3. The second kappa shape index (κ2) is 8.05. The van der Waals surface area contributed by atoms with Crippen LogP contribution in [0.2, 0.25) is 0 Å². The fourth-order valence-electron chi connectivity index (χ4n) is 1.92. The first-order chi connectivity index (χ1) is 10.3. The van der Waals surface area contributed by atoms with Gasteiger partial charge in [0.2, 0.25) is 0 Å². The van der Waals surface area contributed by atoms with E-state index in [2.05, 4.69) is 10.6 Å². The molecule has 124 valence electrons. The summed E-state index contributed by atoms with van der Waals surface area (Å²) < 4.78 is 31.5. The minimum Gasteiger partial charge on any atom is -0.385 e. The van der Waals surface area contributed by atoms with Gasteiger partial charge in [0.25, 0.3) is 0 Å². The Kier molecular flexibility index (Phi) is 6.70. The molecule has 3 N–H and O–H groups in total. The van der Waals surface area contributed by atoms with Gasteiger partial charge in [0.05, 0.1) is 6.54 Å². The van der Waals surface area contributed by atoms with E-state index in [1.807, 2.05) is 6.92 Å². The summed E-state index contributed by atoms with van der Waals surface area (Å²) in [6.07, 6.45) is 0.646. The molecular formula is C15H22F2N2O3. The SMILES string of the molecule is COCC[C@@H](C)NC(=O)NC[C@](C)(O)c1ccc(F)cc1F. The summed E-state index contributed by atoms with van der Waals surface area (Å²) >= 11 is 0. The van der Waals surface area contributed by atoms with Crippen molar-refractivity contribution in [1.82, 2.24) is 10.6 Å². The monoisotopic (exact) mass is 316 g/mol. The molecule has 7 heteroatoms. The highest BCUT2D eigenvalue weighted by Gasteiger charge is 2.27. The molecule has 0 bridgehead atoms. The predicted molar refractivity (Wildman–Crippen MR) is 78.4 cm³/mol. The summed E-state index contributed by atoms with van der Waals surface area (Å²) in [5, 5.41) is 15.4. The van der Waals surface area contributed by atoms with Gasteiger partial charge in [0.1, 0.15) is 17.2 Å². The maximum Gasteiger partial charge on any atom is 0.315 e. The molecule has 1 aromatic rings. The van der Waals surface area contributed by atoms with Crippen molar-refractivity contribution in [3.8, 4) is 0 Å². The lowest BCUT2D eigenvalue weighted by Gasteiger charge is -2.25. The van der Waals surface area contributed by atoms with Crippen LogP contribution in [0.25, 0.3) is 0 Å². The van der Waals surface area contributed by atoms with Crippen molar-refractivity contribution < 1.29 is 23.4 Å². The van der Waals surface area contributed by atoms with E-state index in [9.17, 15) is 18.7 Å². The zero-order valence-corrected chi connectivity index (χ0v) is 13.0. The summed E-state index contributed by atoms with van der Waals surface area (Å²) in [6, 6.07) is 2.32. The van der Waals surface area contributed by atoms with E-state index in [-0.39, 0.29) is 18.2 Å². The van der Waals surface area contributed by atoms with Gasteiger partial charge in [-0.05, 0) is 26.3 Å². The summed E-state index contributed by atoms with van der Waals surface area (Å²) in [5.41, 5.74) is -1.73. The third kappa shape index (κ3) is 5.57. The highest BCUT2D eigenvalue weighted by molar-refractivity contribution is 5.74. The molecule has 0 radical (unpaired) electrons. The van der Waals surface area contributed by atoms with Crippen molar-refractivity contribution in [2.45, 2.75) is 31.9 Å². The summed E-state index contributed by atoms with van der Waals surface area (Å²) in [7, 11) is 1.57. The first-order valence-corrected chi connectivity index (χ1v) is 6.97. The smallest absolute Gasteiger partial charge is 0.315 e. The number of methoxy groups -OCH3 is 1. The maximum atomic E-state index is 13.7.